The van der Waals surface area contributed by atoms with Gasteiger partial charge in [0.25, 0.3) is 0 Å². The molecule has 0 amide bonds. The number of carbonyl (C=O) groups is 1. The van der Waals surface area contributed by atoms with Gasteiger partial charge in [-0.05, 0) is 37.5 Å². The second-order valence-corrected chi connectivity index (χ2v) is 9.71. The minimum absolute atomic E-state index is 0.320. The van der Waals surface area contributed by atoms with Crippen molar-refractivity contribution in [3.8, 4) is 0 Å². The zero-order chi connectivity index (χ0) is 21.9. The molecule has 0 bridgehead atoms. The van der Waals surface area contributed by atoms with E-state index in [0.717, 1.165) is 5.56 Å². The fourth-order valence-electron chi connectivity index (χ4n) is 3.49. The van der Waals surface area contributed by atoms with Gasteiger partial charge >= 0.3 is 5.97 Å². The topological polar surface area (TPSA) is 84.7 Å². The molecule has 1 aliphatic rings. The number of sulfonamides is 1. The number of aryl methyl sites for hydroxylation is 1. The van der Waals surface area contributed by atoms with E-state index in [2.05, 4.69) is 23.8 Å². The predicted molar refractivity (Wildman–Crippen MR) is 114 cm³/mol. The Kier molecular flexibility index (Phi) is 6.95. The molecule has 1 aromatic heterocycles. The highest BCUT2D eigenvalue weighted by Gasteiger charge is 2.29. The molecule has 164 valence electrons. The van der Waals surface area contributed by atoms with E-state index in [-0.39, 0.29) is 5.97 Å². The third-order valence-electron chi connectivity index (χ3n) is 5.30. The highest BCUT2D eigenvalue weighted by Crippen LogP contribution is 2.21. The summed E-state index contributed by atoms with van der Waals surface area (Å²) in [6, 6.07) is 7.16. The Morgan fingerprint density at radius 1 is 1.13 bits per heavy atom. The molecular weight excluding hydrogens is 404 g/mol. The van der Waals surface area contributed by atoms with Crippen LogP contribution in [0.3, 0.4) is 0 Å². The summed E-state index contributed by atoms with van der Waals surface area (Å²) in [5, 5.41) is 4.39. The van der Waals surface area contributed by atoms with Gasteiger partial charge in [-0.15, -0.1) is 0 Å². The van der Waals surface area contributed by atoms with Crippen LogP contribution in [0.1, 0.15) is 48.3 Å². The maximum atomic E-state index is 13.0. The van der Waals surface area contributed by atoms with Crippen molar-refractivity contribution in [3.63, 3.8) is 0 Å². The predicted octanol–water partition coefficient (Wildman–Crippen LogP) is 2.46. The molecule has 0 N–H and O–H groups in total. The molecule has 0 unspecified atom stereocenters. The Morgan fingerprint density at radius 3 is 2.33 bits per heavy atom. The normalized spacial score (nSPS) is 16.2. The van der Waals surface area contributed by atoms with Gasteiger partial charge in [-0.25, -0.2) is 13.2 Å². The van der Waals surface area contributed by atoms with Crippen molar-refractivity contribution < 1.29 is 17.9 Å². The number of piperazine rings is 1. The van der Waals surface area contributed by atoms with Gasteiger partial charge in [0.2, 0.25) is 10.0 Å². The zero-order valence-corrected chi connectivity index (χ0v) is 18.9. The number of carbonyl (C=O) groups excluding carboxylic acids is 1. The summed E-state index contributed by atoms with van der Waals surface area (Å²) in [6.45, 7) is 10.5. The molecular formula is C21H30N4O4S. The Balaban J connectivity index is 1.60. The van der Waals surface area contributed by atoms with Crippen LogP contribution in [0.4, 0.5) is 0 Å². The second kappa shape index (κ2) is 9.28. The number of aromatic nitrogens is 2. The number of hydrogen-bond acceptors (Lipinski definition) is 6. The fourth-order valence-corrected chi connectivity index (χ4v) is 4.91. The first-order chi connectivity index (χ1) is 14.2. The van der Waals surface area contributed by atoms with Crippen molar-refractivity contribution in [3.05, 3.63) is 47.3 Å². The van der Waals surface area contributed by atoms with Crippen LogP contribution in [0, 0.1) is 6.92 Å². The SMILES string of the molecule is CCOC(=O)c1cn(CN2CCN(S(=O)(=O)c3ccc(C(C)C)cc3)CC2)nc1C. The van der Waals surface area contributed by atoms with Crippen molar-refractivity contribution >= 4 is 16.0 Å². The van der Waals surface area contributed by atoms with Gasteiger partial charge in [0.15, 0.2) is 0 Å². The number of hydrogen-bond donors (Lipinski definition) is 0. The summed E-state index contributed by atoms with van der Waals surface area (Å²) in [4.78, 5) is 14.4. The summed E-state index contributed by atoms with van der Waals surface area (Å²) in [7, 11) is -3.50. The molecule has 1 aliphatic heterocycles. The standard InChI is InChI=1S/C21H30N4O4S/c1-5-29-21(26)20-14-24(22-17(20)4)15-23-10-12-25(13-11-23)30(27,28)19-8-6-18(7-9-19)16(2)3/h6-9,14,16H,5,10-13,15H2,1-4H3. The Bertz CT molecular complexity index is 975. The lowest BCUT2D eigenvalue weighted by molar-refractivity contribution is 0.0525. The van der Waals surface area contributed by atoms with Crippen LogP contribution >= 0.6 is 0 Å². The van der Waals surface area contributed by atoms with Crippen LogP contribution in [-0.2, 0) is 21.4 Å². The molecule has 8 nitrogen and oxygen atoms in total. The van der Waals surface area contributed by atoms with E-state index in [1.54, 1.807) is 36.9 Å². The first kappa shape index (κ1) is 22.5. The maximum absolute atomic E-state index is 13.0. The molecule has 1 fully saturated rings. The fraction of sp³-hybridized carbons (Fsp3) is 0.524. The number of nitrogens with zero attached hydrogens (tertiary/aromatic N) is 4. The summed E-state index contributed by atoms with van der Waals surface area (Å²) in [6.07, 6.45) is 1.69. The largest absolute Gasteiger partial charge is 0.462 e. The molecule has 1 aromatic carbocycles. The lowest BCUT2D eigenvalue weighted by atomic mass is 10.0. The number of benzene rings is 1. The van der Waals surface area contributed by atoms with Gasteiger partial charge in [0.05, 0.1) is 23.9 Å². The molecule has 30 heavy (non-hydrogen) atoms. The van der Waals surface area contributed by atoms with E-state index in [1.807, 2.05) is 12.1 Å². The summed E-state index contributed by atoms with van der Waals surface area (Å²) in [5.41, 5.74) is 2.21. The van der Waals surface area contributed by atoms with Crippen LogP contribution in [0.2, 0.25) is 0 Å². The van der Waals surface area contributed by atoms with Crippen LogP contribution in [0.25, 0.3) is 0 Å². The molecule has 0 saturated carbocycles. The molecule has 0 atom stereocenters. The van der Waals surface area contributed by atoms with Crippen molar-refractivity contribution in [2.75, 3.05) is 32.8 Å². The first-order valence-corrected chi connectivity index (χ1v) is 11.7. The number of rotatable bonds is 7. The van der Waals surface area contributed by atoms with E-state index in [9.17, 15) is 13.2 Å². The minimum Gasteiger partial charge on any atom is -0.462 e. The third kappa shape index (κ3) is 4.91. The van der Waals surface area contributed by atoms with E-state index in [1.165, 1.54) is 4.31 Å². The van der Waals surface area contributed by atoms with E-state index < -0.39 is 10.0 Å². The van der Waals surface area contributed by atoms with E-state index in [4.69, 9.17) is 4.74 Å². The second-order valence-electron chi connectivity index (χ2n) is 7.78. The average Bonchev–Trinajstić information content (AvgIpc) is 3.08. The van der Waals surface area contributed by atoms with Crippen molar-refractivity contribution in [2.45, 2.75) is 45.2 Å². The van der Waals surface area contributed by atoms with Crippen molar-refractivity contribution in [1.82, 2.24) is 19.0 Å². The summed E-state index contributed by atoms with van der Waals surface area (Å²) in [5.74, 6) is -0.0128. The smallest absolute Gasteiger partial charge is 0.341 e. The summed E-state index contributed by atoms with van der Waals surface area (Å²) >= 11 is 0. The highest BCUT2D eigenvalue weighted by molar-refractivity contribution is 7.89. The van der Waals surface area contributed by atoms with Crippen molar-refractivity contribution in [1.29, 1.82) is 0 Å². The van der Waals surface area contributed by atoms with Gasteiger partial charge < -0.3 is 4.74 Å². The van der Waals surface area contributed by atoms with Gasteiger partial charge in [-0.1, -0.05) is 26.0 Å². The quantitative estimate of drug-likeness (QED) is 0.623. The number of ether oxygens (including phenoxy) is 1. The molecule has 2 heterocycles. The van der Waals surface area contributed by atoms with Gasteiger partial charge in [0.1, 0.15) is 5.56 Å². The van der Waals surface area contributed by atoms with Crippen LogP contribution in [-0.4, -0.2) is 66.2 Å². The Morgan fingerprint density at radius 2 is 1.77 bits per heavy atom. The van der Waals surface area contributed by atoms with Crippen molar-refractivity contribution in [2.24, 2.45) is 0 Å². The Hall–Kier alpha value is -2.23. The zero-order valence-electron chi connectivity index (χ0n) is 18.0. The lowest BCUT2D eigenvalue weighted by Gasteiger charge is -2.33. The molecule has 0 spiro atoms. The monoisotopic (exact) mass is 434 g/mol. The van der Waals surface area contributed by atoms with Gasteiger partial charge in [-0.2, -0.15) is 9.40 Å². The summed E-state index contributed by atoms with van der Waals surface area (Å²) < 4.78 is 34.2. The minimum atomic E-state index is -3.50. The van der Waals surface area contributed by atoms with E-state index >= 15 is 0 Å². The van der Waals surface area contributed by atoms with Gasteiger partial charge in [-0.3, -0.25) is 9.58 Å². The van der Waals surface area contributed by atoms with E-state index in [0.29, 0.717) is 61.5 Å². The molecule has 1 saturated heterocycles. The first-order valence-electron chi connectivity index (χ1n) is 10.3. The molecule has 0 aliphatic carbocycles. The third-order valence-corrected chi connectivity index (χ3v) is 7.22. The average molecular weight is 435 g/mol. The maximum Gasteiger partial charge on any atom is 0.341 e. The lowest BCUT2D eigenvalue weighted by Crippen LogP contribution is -2.48. The number of esters is 1. The highest BCUT2D eigenvalue weighted by atomic mass is 32.2. The molecule has 3 rings (SSSR count). The van der Waals surface area contributed by atoms with Crippen LogP contribution in [0.15, 0.2) is 35.4 Å². The van der Waals surface area contributed by atoms with Crippen LogP contribution < -0.4 is 0 Å². The van der Waals surface area contributed by atoms with Gasteiger partial charge in [0, 0.05) is 32.4 Å². The molecule has 2 aromatic rings. The Labute approximate surface area is 178 Å². The van der Waals surface area contributed by atoms with Crippen LogP contribution in [0.5, 0.6) is 0 Å². The molecule has 9 heteroatoms. The molecule has 0 radical (unpaired) electrons.